The third-order valence-electron chi connectivity index (χ3n) is 8.23. The van der Waals surface area contributed by atoms with E-state index >= 15 is 0 Å². The second-order valence-corrected chi connectivity index (χ2v) is 24.7. The van der Waals surface area contributed by atoms with E-state index in [-0.39, 0.29) is 44.6 Å². The van der Waals surface area contributed by atoms with Crippen LogP contribution < -0.4 is 0 Å². The number of furan rings is 2. The Balaban J connectivity index is 1.84. The molecule has 4 heterocycles. The second-order valence-electron chi connectivity index (χ2n) is 15.3. The van der Waals surface area contributed by atoms with Gasteiger partial charge >= 0.3 is 17.1 Å². The maximum absolute atomic E-state index is 7.34. The third kappa shape index (κ3) is 5.05. The SMILES string of the molecule is CC(C)(C)[Si]1(C(C)(C)C)O[C@H]([C@H]2C[C@@H](c3ccco3)O[Si](C(C)(C)C)(C(C)(C)C)O2)C[C@H](c2ccco2)O1. The molecule has 4 rings (SSSR count). The van der Waals surface area contributed by atoms with Gasteiger partial charge in [-0.25, -0.2) is 0 Å². The van der Waals surface area contributed by atoms with Gasteiger partial charge in [0.05, 0.1) is 24.7 Å². The molecule has 0 aromatic carbocycles. The van der Waals surface area contributed by atoms with Gasteiger partial charge in [-0.05, 0) is 24.3 Å². The molecular weight excluding hydrogens is 512 g/mol. The van der Waals surface area contributed by atoms with Gasteiger partial charge in [0, 0.05) is 33.0 Å². The summed E-state index contributed by atoms with van der Waals surface area (Å²) in [6, 6.07) is 7.93. The summed E-state index contributed by atoms with van der Waals surface area (Å²) in [5.74, 6) is 1.71. The van der Waals surface area contributed by atoms with Crippen molar-refractivity contribution in [3.05, 3.63) is 48.3 Å². The zero-order valence-electron chi connectivity index (χ0n) is 25.6. The summed E-state index contributed by atoms with van der Waals surface area (Å²) in [5, 5.41) is -0.711. The van der Waals surface area contributed by atoms with Gasteiger partial charge in [-0.3, -0.25) is 0 Å². The molecule has 2 aromatic heterocycles. The lowest BCUT2D eigenvalue weighted by Gasteiger charge is -2.59. The van der Waals surface area contributed by atoms with E-state index in [9.17, 15) is 0 Å². The van der Waals surface area contributed by atoms with Gasteiger partial charge in [0.15, 0.2) is 0 Å². The van der Waals surface area contributed by atoms with Crippen molar-refractivity contribution in [3.63, 3.8) is 0 Å². The Morgan fingerprint density at radius 2 is 0.842 bits per heavy atom. The first-order valence-electron chi connectivity index (χ1n) is 14.1. The molecule has 0 bridgehead atoms. The molecule has 4 atom stereocenters. The summed E-state index contributed by atoms with van der Waals surface area (Å²) < 4.78 is 40.7. The number of hydrogen-bond acceptors (Lipinski definition) is 6. The molecule has 214 valence electrons. The molecule has 2 aromatic rings. The average Bonchev–Trinajstić information content (AvgIpc) is 3.50. The van der Waals surface area contributed by atoms with Crippen LogP contribution in [-0.2, 0) is 17.7 Å². The number of rotatable bonds is 3. The zero-order valence-corrected chi connectivity index (χ0v) is 27.6. The van der Waals surface area contributed by atoms with Crippen LogP contribution in [0.3, 0.4) is 0 Å². The van der Waals surface area contributed by atoms with Crippen molar-refractivity contribution >= 4 is 17.1 Å². The van der Waals surface area contributed by atoms with E-state index in [0.29, 0.717) is 12.8 Å². The molecule has 2 aliphatic rings. The van der Waals surface area contributed by atoms with Crippen LogP contribution in [0.1, 0.15) is 120 Å². The summed E-state index contributed by atoms with van der Waals surface area (Å²) in [7, 11) is -5.73. The van der Waals surface area contributed by atoms with Gasteiger partial charge in [-0.1, -0.05) is 83.1 Å². The Morgan fingerprint density at radius 1 is 0.526 bits per heavy atom. The summed E-state index contributed by atoms with van der Waals surface area (Å²) in [4.78, 5) is 0. The highest BCUT2D eigenvalue weighted by Gasteiger charge is 2.67. The fourth-order valence-corrected chi connectivity index (χ4v) is 16.9. The van der Waals surface area contributed by atoms with Crippen LogP contribution in [0.2, 0.25) is 20.2 Å². The second kappa shape index (κ2) is 9.73. The lowest BCUT2D eigenvalue weighted by Crippen LogP contribution is -2.67. The smallest absolute Gasteiger partial charge is 0.350 e. The van der Waals surface area contributed by atoms with Crippen molar-refractivity contribution in [3.8, 4) is 0 Å². The Labute approximate surface area is 232 Å². The first kappa shape index (κ1) is 29.8. The predicted molar refractivity (Wildman–Crippen MR) is 154 cm³/mol. The van der Waals surface area contributed by atoms with E-state index < -0.39 is 17.1 Å². The van der Waals surface area contributed by atoms with Gasteiger partial charge in [0.1, 0.15) is 23.7 Å². The van der Waals surface area contributed by atoms with Crippen LogP contribution >= 0.6 is 0 Å². The average molecular weight is 563 g/mol. The molecule has 0 aliphatic carbocycles. The Kier molecular flexibility index (Phi) is 7.64. The van der Waals surface area contributed by atoms with Crippen LogP contribution in [-0.4, -0.2) is 29.3 Å². The molecule has 8 heteroatoms. The van der Waals surface area contributed by atoms with Crippen molar-refractivity contribution in [1.29, 1.82) is 0 Å². The highest BCUT2D eigenvalue weighted by Crippen LogP contribution is 2.61. The molecule has 2 aliphatic heterocycles. The molecule has 0 N–H and O–H groups in total. The van der Waals surface area contributed by atoms with Crippen molar-refractivity contribution in [2.45, 2.75) is 140 Å². The highest BCUT2D eigenvalue weighted by atomic mass is 28.4. The molecular formula is C30H50O6Si2. The summed E-state index contributed by atoms with van der Waals surface area (Å²) in [6.07, 6.45) is 4.09. The van der Waals surface area contributed by atoms with Crippen LogP contribution in [0.15, 0.2) is 45.6 Å². The van der Waals surface area contributed by atoms with Crippen LogP contribution in [0.25, 0.3) is 0 Å². The largest absolute Gasteiger partial charge is 0.467 e. The molecule has 2 saturated heterocycles. The van der Waals surface area contributed by atoms with Crippen LogP contribution in [0, 0.1) is 0 Å². The molecule has 0 radical (unpaired) electrons. The molecule has 0 amide bonds. The summed E-state index contributed by atoms with van der Waals surface area (Å²) in [6.45, 7) is 27.1. The van der Waals surface area contributed by atoms with Crippen molar-refractivity contribution in [2.24, 2.45) is 0 Å². The molecule has 0 saturated carbocycles. The van der Waals surface area contributed by atoms with Crippen molar-refractivity contribution in [2.75, 3.05) is 0 Å². The molecule has 38 heavy (non-hydrogen) atoms. The van der Waals surface area contributed by atoms with E-state index in [4.69, 9.17) is 26.5 Å². The molecule has 0 unspecified atom stereocenters. The Bertz CT molecular complexity index is 936. The standard InChI is InChI=1S/C30H50O6Si2/c1-27(2,3)37(28(4,5)6)33-23(21-15-13-17-31-21)19-25(35-37)26-20-24(22-16-14-18-32-22)34-38(36-26,29(7,8)9)30(10,11)12/h13-18,23-26H,19-20H2,1-12H3/t23-,24+,25+,26-. The fourth-order valence-electron chi connectivity index (χ4n) is 6.91. The first-order chi connectivity index (χ1) is 17.3. The van der Waals surface area contributed by atoms with Gasteiger partial charge in [-0.15, -0.1) is 0 Å². The predicted octanol–water partition coefficient (Wildman–Crippen LogP) is 9.35. The first-order valence-corrected chi connectivity index (χ1v) is 17.7. The molecule has 6 nitrogen and oxygen atoms in total. The van der Waals surface area contributed by atoms with E-state index in [2.05, 4.69) is 83.1 Å². The minimum atomic E-state index is -2.87. The van der Waals surface area contributed by atoms with Crippen LogP contribution in [0.4, 0.5) is 0 Å². The van der Waals surface area contributed by atoms with E-state index in [1.54, 1.807) is 12.5 Å². The lowest BCUT2D eigenvalue weighted by molar-refractivity contribution is -0.119. The lowest BCUT2D eigenvalue weighted by atomic mass is 9.99. The van der Waals surface area contributed by atoms with Gasteiger partial charge in [0.25, 0.3) is 0 Å². The third-order valence-corrected chi connectivity index (χ3v) is 18.6. The normalized spacial score (nSPS) is 28.8. The quantitative estimate of drug-likeness (QED) is 0.347. The van der Waals surface area contributed by atoms with Crippen molar-refractivity contribution in [1.82, 2.24) is 0 Å². The molecule has 0 spiro atoms. The van der Waals surface area contributed by atoms with Gasteiger partial charge in [0.2, 0.25) is 0 Å². The molecule has 2 fully saturated rings. The maximum Gasteiger partial charge on any atom is 0.350 e. The monoisotopic (exact) mass is 562 g/mol. The minimum absolute atomic E-state index is 0.165. The van der Waals surface area contributed by atoms with E-state index in [1.165, 1.54) is 0 Å². The minimum Gasteiger partial charge on any atom is -0.467 e. The van der Waals surface area contributed by atoms with E-state index in [1.807, 2.05) is 24.3 Å². The summed E-state index contributed by atoms with van der Waals surface area (Å²) in [5.41, 5.74) is 0. The van der Waals surface area contributed by atoms with Gasteiger partial charge < -0.3 is 26.5 Å². The summed E-state index contributed by atoms with van der Waals surface area (Å²) >= 11 is 0. The Hall–Kier alpha value is -1.17. The fraction of sp³-hybridized carbons (Fsp3) is 0.733. The number of hydrogen-bond donors (Lipinski definition) is 0. The van der Waals surface area contributed by atoms with Crippen LogP contribution in [0.5, 0.6) is 0 Å². The zero-order chi connectivity index (χ0) is 28.4. The van der Waals surface area contributed by atoms with E-state index in [0.717, 1.165) is 11.5 Å². The highest BCUT2D eigenvalue weighted by molar-refractivity contribution is 6.74. The Morgan fingerprint density at radius 3 is 1.08 bits per heavy atom. The van der Waals surface area contributed by atoms with Crippen molar-refractivity contribution < 1.29 is 26.5 Å². The topological polar surface area (TPSA) is 63.2 Å². The van der Waals surface area contributed by atoms with Gasteiger partial charge in [-0.2, -0.15) is 0 Å². The maximum atomic E-state index is 7.34.